The molecule has 5 heteroatoms. The Morgan fingerprint density at radius 2 is 2.00 bits per heavy atom. The van der Waals surface area contributed by atoms with Crippen molar-refractivity contribution in [2.75, 3.05) is 5.12 Å². The molecule has 1 aliphatic heterocycles. The van der Waals surface area contributed by atoms with E-state index in [0.29, 0.717) is 0 Å². The van der Waals surface area contributed by atoms with Gasteiger partial charge in [-0.3, -0.25) is 10.9 Å². The summed E-state index contributed by atoms with van der Waals surface area (Å²) in [5.41, 5.74) is 5.94. The van der Waals surface area contributed by atoms with E-state index in [4.69, 9.17) is 5.26 Å². The van der Waals surface area contributed by atoms with E-state index >= 15 is 0 Å². The van der Waals surface area contributed by atoms with Gasteiger partial charge in [0.2, 0.25) is 0 Å². The Morgan fingerprint density at radius 1 is 1.29 bits per heavy atom. The lowest BCUT2D eigenvalue weighted by molar-refractivity contribution is 0.604. The van der Waals surface area contributed by atoms with Gasteiger partial charge in [0.25, 0.3) is 0 Å². The van der Waals surface area contributed by atoms with E-state index in [9.17, 15) is 4.39 Å². The van der Waals surface area contributed by atoms with E-state index in [-0.39, 0.29) is 11.3 Å². The molecule has 2 rings (SSSR count). The van der Waals surface area contributed by atoms with Crippen LogP contribution in [0.25, 0.3) is 0 Å². The minimum atomic E-state index is -0.451. The number of hydrogen-bond acceptors (Lipinski definition) is 4. The smallest absolute Gasteiger partial charge is 0.151 e. The van der Waals surface area contributed by atoms with Gasteiger partial charge in [0.05, 0.1) is 5.56 Å². The third-order valence-corrected chi connectivity index (χ3v) is 1.82. The fraction of sp³-hybridized carbons (Fsp3) is 0. The van der Waals surface area contributed by atoms with Crippen LogP contribution in [-0.2, 0) is 0 Å². The third-order valence-electron chi connectivity index (χ3n) is 1.82. The van der Waals surface area contributed by atoms with Crippen molar-refractivity contribution in [2.24, 2.45) is 0 Å². The molecule has 0 aliphatic carbocycles. The number of hydrazine groups is 2. The highest BCUT2D eigenvalue weighted by Crippen LogP contribution is 2.22. The van der Waals surface area contributed by atoms with Crippen LogP contribution in [0, 0.1) is 17.1 Å². The Morgan fingerprint density at radius 3 is 2.64 bits per heavy atom. The van der Waals surface area contributed by atoms with Crippen LogP contribution in [0.5, 0.6) is 0 Å². The van der Waals surface area contributed by atoms with E-state index in [2.05, 4.69) is 10.9 Å². The predicted octanol–water partition coefficient (Wildman–Crippen LogP) is 0.998. The van der Waals surface area contributed by atoms with E-state index in [1.54, 1.807) is 18.5 Å². The van der Waals surface area contributed by atoms with Crippen LogP contribution < -0.4 is 16.0 Å². The normalized spacial score (nSPS) is 13.3. The van der Waals surface area contributed by atoms with Crippen molar-refractivity contribution in [1.29, 1.82) is 5.26 Å². The standard InChI is InChI=1S/C9H7FN4/c10-8-3-1-2-7(6-11)9(8)14-12-4-5-13-14/h1-5,12-13H. The number of rotatable bonds is 1. The van der Waals surface area contributed by atoms with Crippen molar-refractivity contribution in [3.8, 4) is 6.07 Å². The molecule has 1 aromatic carbocycles. The van der Waals surface area contributed by atoms with Gasteiger partial charge in [-0.1, -0.05) is 6.07 Å². The highest BCUT2D eigenvalue weighted by Gasteiger charge is 2.16. The van der Waals surface area contributed by atoms with Crippen LogP contribution in [-0.4, -0.2) is 0 Å². The van der Waals surface area contributed by atoms with Gasteiger partial charge in [-0.15, -0.1) is 0 Å². The highest BCUT2D eigenvalue weighted by atomic mass is 19.1. The lowest BCUT2D eigenvalue weighted by atomic mass is 10.2. The van der Waals surface area contributed by atoms with Gasteiger partial charge in [-0.25, -0.2) is 4.39 Å². The number of halogens is 1. The lowest BCUT2D eigenvalue weighted by Gasteiger charge is -2.19. The topological polar surface area (TPSA) is 51.1 Å². The quantitative estimate of drug-likeness (QED) is 0.693. The molecule has 4 nitrogen and oxygen atoms in total. The predicted molar refractivity (Wildman–Crippen MR) is 49.0 cm³/mol. The zero-order valence-electron chi connectivity index (χ0n) is 7.16. The number of nitriles is 1. The van der Waals surface area contributed by atoms with E-state index < -0.39 is 5.82 Å². The number of nitrogens with one attached hydrogen (secondary N) is 2. The van der Waals surface area contributed by atoms with Crippen molar-refractivity contribution in [1.82, 2.24) is 10.9 Å². The molecule has 0 atom stereocenters. The highest BCUT2D eigenvalue weighted by molar-refractivity contribution is 5.59. The summed E-state index contributed by atoms with van der Waals surface area (Å²) in [6, 6.07) is 6.28. The van der Waals surface area contributed by atoms with Crippen LogP contribution >= 0.6 is 0 Å². The van der Waals surface area contributed by atoms with Crippen molar-refractivity contribution < 1.29 is 4.39 Å². The molecule has 70 valence electrons. The number of para-hydroxylation sites is 1. The third kappa shape index (κ3) is 1.23. The SMILES string of the molecule is N#Cc1cccc(F)c1N1NC=CN1. The molecule has 0 saturated heterocycles. The molecule has 2 N–H and O–H groups in total. The molecule has 0 radical (unpaired) electrons. The molecular formula is C9H7FN4. The Kier molecular flexibility index (Phi) is 1.95. The molecule has 0 aromatic heterocycles. The Hall–Kier alpha value is -2.22. The van der Waals surface area contributed by atoms with E-state index in [1.165, 1.54) is 17.3 Å². The molecule has 0 fully saturated rings. The van der Waals surface area contributed by atoms with Crippen LogP contribution in [0.15, 0.2) is 30.6 Å². The minimum Gasteiger partial charge on any atom is -0.285 e. The van der Waals surface area contributed by atoms with Crippen molar-refractivity contribution in [2.45, 2.75) is 0 Å². The monoisotopic (exact) mass is 190 g/mol. The zero-order valence-corrected chi connectivity index (χ0v) is 7.16. The molecule has 14 heavy (non-hydrogen) atoms. The molecule has 0 saturated carbocycles. The second-order valence-electron chi connectivity index (χ2n) is 2.67. The summed E-state index contributed by atoms with van der Waals surface area (Å²) in [5, 5.41) is 10.1. The fourth-order valence-electron chi connectivity index (χ4n) is 1.22. The maximum absolute atomic E-state index is 13.4. The number of hydrogen-bond donors (Lipinski definition) is 2. The van der Waals surface area contributed by atoms with Gasteiger partial charge in [-0.05, 0) is 12.1 Å². The molecule has 0 unspecified atom stereocenters. The Balaban J connectivity index is 2.45. The van der Waals surface area contributed by atoms with E-state index in [1.807, 2.05) is 6.07 Å². The molecule has 0 bridgehead atoms. The average molecular weight is 190 g/mol. The first kappa shape index (κ1) is 8.38. The van der Waals surface area contributed by atoms with Crippen molar-refractivity contribution in [3.05, 3.63) is 42.0 Å². The van der Waals surface area contributed by atoms with Crippen molar-refractivity contribution >= 4 is 5.69 Å². The summed E-state index contributed by atoms with van der Waals surface area (Å²) in [5.74, 6) is -0.451. The Bertz CT molecular complexity index is 413. The first-order valence-corrected chi connectivity index (χ1v) is 3.99. The maximum Gasteiger partial charge on any atom is 0.151 e. The maximum atomic E-state index is 13.4. The first-order valence-electron chi connectivity index (χ1n) is 3.99. The second-order valence-corrected chi connectivity index (χ2v) is 2.67. The number of anilines is 1. The summed E-state index contributed by atoms with van der Waals surface area (Å²) in [6.45, 7) is 0. The van der Waals surface area contributed by atoms with Crippen LogP contribution in [0.3, 0.4) is 0 Å². The molecule has 0 amide bonds. The first-order chi connectivity index (χ1) is 6.83. The largest absolute Gasteiger partial charge is 0.285 e. The van der Waals surface area contributed by atoms with Crippen LogP contribution in [0.2, 0.25) is 0 Å². The van der Waals surface area contributed by atoms with Crippen LogP contribution in [0.1, 0.15) is 5.56 Å². The molecule has 1 aromatic rings. The molecule has 1 aliphatic rings. The minimum absolute atomic E-state index is 0.194. The fourth-order valence-corrected chi connectivity index (χ4v) is 1.22. The van der Waals surface area contributed by atoms with Crippen molar-refractivity contribution in [3.63, 3.8) is 0 Å². The summed E-state index contributed by atoms with van der Waals surface area (Å²) < 4.78 is 13.4. The summed E-state index contributed by atoms with van der Waals surface area (Å²) in [6.07, 6.45) is 3.21. The van der Waals surface area contributed by atoms with Gasteiger partial charge in [0.1, 0.15) is 11.8 Å². The molecule has 0 spiro atoms. The van der Waals surface area contributed by atoms with Gasteiger partial charge < -0.3 is 0 Å². The molecule has 1 heterocycles. The van der Waals surface area contributed by atoms with Crippen LogP contribution in [0.4, 0.5) is 10.1 Å². The lowest BCUT2D eigenvalue weighted by Crippen LogP contribution is -2.39. The summed E-state index contributed by atoms with van der Waals surface area (Å²) in [7, 11) is 0. The zero-order chi connectivity index (χ0) is 9.97. The summed E-state index contributed by atoms with van der Waals surface area (Å²) in [4.78, 5) is 0. The second kappa shape index (κ2) is 3.26. The van der Waals surface area contributed by atoms with Gasteiger partial charge >= 0.3 is 0 Å². The van der Waals surface area contributed by atoms with E-state index in [0.717, 1.165) is 0 Å². The number of nitrogens with zero attached hydrogens (tertiary/aromatic N) is 2. The van der Waals surface area contributed by atoms with Gasteiger partial charge in [0, 0.05) is 12.4 Å². The Labute approximate surface area is 80.2 Å². The average Bonchev–Trinajstić information content (AvgIpc) is 2.70. The summed E-state index contributed by atoms with van der Waals surface area (Å²) >= 11 is 0. The number of benzene rings is 1. The van der Waals surface area contributed by atoms with Gasteiger partial charge in [0.15, 0.2) is 5.82 Å². The molecular weight excluding hydrogens is 183 g/mol. The van der Waals surface area contributed by atoms with Gasteiger partial charge in [-0.2, -0.15) is 10.4 Å².